The van der Waals surface area contributed by atoms with Crippen LogP contribution in [-0.4, -0.2) is 72.3 Å². The Labute approximate surface area is 145 Å². The number of nitrogens with two attached hydrogens (primary N) is 1. The van der Waals surface area contributed by atoms with E-state index in [1.54, 1.807) is 0 Å². The zero-order valence-electron chi connectivity index (χ0n) is 12.6. The van der Waals surface area contributed by atoms with Gasteiger partial charge < -0.3 is 25.8 Å². The third-order valence-corrected chi connectivity index (χ3v) is 3.74. The largest absolute Gasteiger partial charge is 0.394 e. The normalized spacial score (nSPS) is 26.2. The number of carbonyl (C=O) groups is 1. The number of aliphatic hydroxyl groups is 3. The summed E-state index contributed by atoms with van der Waals surface area (Å²) in [6.45, 7) is -0.872. The number of nitrogens with zero attached hydrogens (tertiary/aromatic N) is 4. The third kappa shape index (κ3) is 3.35. The highest BCUT2D eigenvalue weighted by Gasteiger charge is 2.44. The second kappa shape index (κ2) is 7.03. The number of halogens is 1. The van der Waals surface area contributed by atoms with Crippen molar-refractivity contribution in [3.05, 3.63) is 11.6 Å². The molecule has 0 spiro atoms. The number of imidazole rings is 1. The number of hydrogen-bond donors (Lipinski definition) is 5. The summed E-state index contributed by atoms with van der Waals surface area (Å²) in [5.41, 5.74) is 7.76. The van der Waals surface area contributed by atoms with Crippen LogP contribution in [0, 0.1) is 0 Å². The van der Waals surface area contributed by atoms with Gasteiger partial charge in [0.2, 0.25) is 11.2 Å². The molecule has 0 radical (unpaired) electrons. The SMILES string of the molecule is NC(=O)CONc1nc(Cl)nc2c1ncn2[C@@H]1O[C@H](CO)C(O)C1O. The number of ether oxygens (including phenoxy) is 1. The molecule has 0 aliphatic carbocycles. The molecule has 0 bridgehead atoms. The first-order valence-electron chi connectivity index (χ1n) is 7.11. The maximum absolute atomic E-state index is 10.7. The van der Waals surface area contributed by atoms with Crippen LogP contribution >= 0.6 is 11.6 Å². The van der Waals surface area contributed by atoms with Crippen LogP contribution < -0.4 is 11.2 Å². The molecule has 1 aliphatic rings. The van der Waals surface area contributed by atoms with E-state index >= 15 is 0 Å². The molecule has 4 atom stereocenters. The van der Waals surface area contributed by atoms with Crippen LogP contribution in [0.3, 0.4) is 0 Å². The Morgan fingerprint density at radius 3 is 2.84 bits per heavy atom. The molecular formula is C12H15ClN6O6. The number of nitrogens with one attached hydrogen (secondary N) is 1. The standard InChI is InChI=1S/C12H15ClN6O6/c13-12-16-9(18-24-2-5(14)21)6-10(17-12)19(3-15-6)11-8(23)7(22)4(1-20)25-11/h3-4,7-8,11,20,22-23H,1-2H2,(H2,14,21)(H,16,17,18)/t4-,7?,8?,11-/m1/s1. The summed E-state index contributed by atoms with van der Waals surface area (Å²) < 4.78 is 6.78. The minimum atomic E-state index is -1.31. The van der Waals surface area contributed by atoms with E-state index < -0.39 is 43.7 Å². The number of anilines is 1. The van der Waals surface area contributed by atoms with Crippen molar-refractivity contribution >= 4 is 34.5 Å². The molecule has 0 saturated carbocycles. The number of primary amides is 1. The van der Waals surface area contributed by atoms with Crippen LogP contribution in [0.15, 0.2) is 6.33 Å². The monoisotopic (exact) mass is 374 g/mol. The van der Waals surface area contributed by atoms with Gasteiger partial charge in [0, 0.05) is 0 Å². The first-order chi connectivity index (χ1) is 11.9. The van der Waals surface area contributed by atoms with Gasteiger partial charge in [0.15, 0.2) is 29.8 Å². The van der Waals surface area contributed by atoms with Crippen molar-refractivity contribution in [2.24, 2.45) is 5.73 Å². The number of hydrogen-bond acceptors (Lipinski definition) is 10. The summed E-state index contributed by atoms with van der Waals surface area (Å²) in [5.74, 6) is -0.623. The van der Waals surface area contributed by atoms with Gasteiger partial charge in [-0.25, -0.2) is 10.5 Å². The van der Waals surface area contributed by atoms with Crippen LogP contribution in [-0.2, 0) is 14.4 Å². The predicted molar refractivity (Wildman–Crippen MR) is 82.1 cm³/mol. The summed E-state index contributed by atoms with van der Waals surface area (Å²) in [5, 5.41) is 29.0. The van der Waals surface area contributed by atoms with Crippen LogP contribution in [0.5, 0.6) is 0 Å². The lowest BCUT2D eigenvalue weighted by Crippen LogP contribution is -2.33. The van der Waals surface area contributed by atoms with Gasteiger partial charge in [0.1, 0.15) is 18.3 Å². The lowest BCUT2D eigenvalue weighted by atomic mass is 10.1. The molecule has 12 nitrogen and oxygen atoms in total. The number of amides is 1. The van der Waals surface area contributed by atoms with Crippen molar-refractivity contribution in [1.29, 1.82) is 0 Å². The lowest BCUT2D eigenvalue weighted by Gasteiger charge is -2.16. The molecule has 2 aromatic rings. The number of fused-ring (bicyclic) bond motifs is 1. The van der Waals surface area contributed by atoms with Crippen molar-refractivity contribution in [2.75, 3.05) is 18.7 Å². The molecule has 2 unspecified atom stereocenters. The number of aromatic nitrogens is 4. The highest BCUT2D eigenvalue weighted by atomic mass is 35.5. The molecule has 1 fully saturated rings. The van der Waals surface area contributed by atoms with Gasteiger partial charge in [-0.1, -0.05) is 0 Å². The third-order valence-electron chi connectivity index (χ3n) is 3.57. The minimum Gasteiger partial charge on any atom is -0.394 e. The van der Waals surface area contributed by atoms with Crippen LogP contribution in [0.25, 0.3) is 11.2 Å². The Bertz CT molecular complexity index is 787. The van der Waals surface area contributed by atoms with Gasteiger partial charge >= 0.3 is 0 Å². The fourth-order valence-electron chi connectivity index (χ4n) is 2.43. The Morgan fingerprint density at radius 2 is 2.20 bits per heavy atom. The van der Waals surface area contributed by atoms with Crippen molar-refractivity contribution in [2.45, 2.75) is 24.5 Å². The van der Waals surface area contributed by atoms with Crippen molar-refractivity contribution < 1.29 is 29.7 Å². The Kier molecular flexibility index (Phi) is 4.99. The average Bonchev–Trinajstić information content (AvgIpc) is 3.09. The van der Waals surface area contributed by atoms with E-state index in [-0.39, 0.29) is 22.3 Å². The molecule has 1 aliphatic heterocycles. The van der Waals surface area contributed by atoms with Gasteiger partial charge in [0.25, 0.3) is 0 Å². The molecule has 25 heavy (non-hydrogen) atoms. The summed E-state index contributed by atoms with van der Waals surface area (Å²) >= 11 is 5.88. The maximum atomic E-state index is 10.7. The highest BCUT2D eigenvalue weighted by molar-refractivity contribution is 6.28. The predicted octanol–water partition coefficient (Wildman–Crippen LogP) is -2.08. The number of aliphatic hydroxyl groups excluding tert-OH is 3. The van der Waals surface area contributed by atoms with Crippen LogP contribution in [0.4, 0.5) is 5.82 Å². The molecule has 1 saturated heterocycles. The zero-order valence-corrected chi connectivity index (χ0v) is 13.4. The fourth-order valence-corrected chi connectivity index (χ4v) is 2.60. The molecule has 2 aromatic heterocycles. The van der Waals surface area contributed by atoms with Crippen LogP contribution in [0.2, 0.25) is 5.28 Å². The molecule has 3 rings (SSSR count). The molecule has 6 N–H and O–H groups in total. The first kappa shape index (κ1) is 17.7. The fraction of sp³-hybridized carbons (Fsp3) is 0.500. The smallest absolute Gasteiger partial charge is 0.246 e. The van der Waals surface area contributed by atoms with Crippen LogP contribution in [0.1, 0.15) is 6.23 Å². The van der Waals surface area contributed by atoms with Gasteiger partial charge in [0.05, 0.1) is 12.9 Å². The number of rotatable bonds is 6. The van der Waals surface area contributed by atoms with E-state index in [1.165, 1.54) is 10.9 Å². The maximum Gasteiger partial charge on any atom is 0.246 e. The summed E-state index contributed by atoms with van der Waals surface area (Å²) in [7, 11) is 0. The van der Waals surface area contributed by atoms with E-state index in [9.17, 15) is 20.1 Å². The van der Waals surface area contributed by atoms with E-state index in [0.717, 1.165) is 0 Å². The summed E-state index contributed by atoms with van der Waals surface area (Å²) in [6.07, 6.45) is -3.28. The van der Waals surface area contributed by atoms with E-state index in [2.05, 4.69) is 20.4 Å². The minimum absolute atomic E-state index is 0.0711. The van der Waals surface area contributed by atoms with E-state index in [4.69, 9.17) is 26.9 Å². The number of carbonyl (C=O) groups excluding carboxylic acids is 1. The van der Waals surface area contributed by atoms with E-state index in [0.29, 0.717) is 0 Å². The second-order valence-corrected chi connectivity index (χ2v) is 5.59. The van der Waals surface area contributed by atoms with Crippen molar-refractivity contribution in [3.8, 4) is 0 Å². The van der Waals surface area contributed by atoms with E-state index in [1.807, 2.05) is 0 Å². The summed E-state index contributed by atoms with van der Waals surface area (Å²) in [4.78, 5) is 27.6. The Morgan fingerprint density at radius 1 is 1.44 bits per heavy atom. The van der Waals surface area contributed by atoms with Gasteiger partial charge in [-0.3, -0.25) is 14.2 Å². The Hall–Kier alpha value is -2.09. The first-order valence-corrected chi connectivity index (χ1v) is 7.48. The lowest BCUT2D eigenvalue weighted by molar-refractivity contribution is -0.121. The second-order valence-electron chi connectivity index (χ2n) is 5.25. The quantitative estimate of drug-likeness (QED) is 0.278. The molecule has 3 heterocycles. The molecular weight excluding hydrogens is 360 g/mol. The zero-order chi connectivity index (χ0) is 18.1. The topological polar surface area (TPSA) is 178 Å². The molecule has 13 heteroatoms. The highest BCUT2D eigenvalue weighted by Crippen LogP contribution is 2.32. The molecule has 0 aromatic carbocycles. The van der Waals surface area contributed by atoms with Gasteiger partial charge in [-0.05, 0) is 11.6 Å². The van der Waals surface area contributed by atoms with Gasteiger partial charge in [-0.15, -0.1) is 0 Å². The van der Waals surface area contributed by atoms with Crippen molar-refractivity contribution in [3.63, 3.8) is 0 Å². The summed E-state index contributed by atoms with van der Waals surface area (Å²) in [6, 6.07) is 0. The average molecular weight is 375 g/mol. The Balaban J connectivity index is 1.93. The molecule has 1 amide bonds. The van der Waals surface area contributed by atoms with Crippen molar-refractivity contribution in [1.82, 2.24) is 19.5 Å². The van der Waals surface area contributed by atoms with Gasteiger partial charge in [-0.2, -0.15) is 9.97 Å². The molecule has 136 valence electrons.